The Balaban J connectivity index is 1.86. The lowest BCUT2D eigenvalue weighted by Crippen LogP contribution is -2.29. The molecule has 0 aromatic heterocycles. The molecule has 0 radical (unpaired) electrons. The molecule has 0 aliphatic heterocycles. The highest BCUT2D eigenvalue weighted by Gasteiger charge is 2.13. The van der Waals surface area contributed by atoms with Crippen LogP contribution in [0.2, 0.25) is 0 Å². The van der Waals surface area contributed by atoms with Crippen molar-refractivity contribution in [3.63, 3.8) is 0 Å². The third-order valence-electron chi connectivity index (χ3n) is 3.53. The van der Waals surface area contributed by atoms with Crippen molar-refractivity contribution in [3.05, 3.63) is 71.3 Å². The first-order valence-corrected chi connectivity index (χ1v) is 8.30. The predicted molar refractivity (Wildman–Crippen MR) is 103 cm³/mol. The zero-order valence-corrected chi connectivity index (χ0v) is 15.1. The van der Waals surface area contributed by atoms with E-state index in [0.717, 1.165) is 16.7 Å². The van der Waals surface area contributed by atoms with Crippen molar-refractivity contribution in [3.8, 4) is 0 Å². The summed E-state index contributed by atoms with van der Waals surface area (Å²) in [5.74, 6) is -0.423. The first kappa shape index (κ1) is 18.8. The van der Waals surface area contributed by atoms with Gasteiger partial charge in [-0.25, -0.2) is 5.06 Å². The summed E-state index contributed by atoms with van der Waals surface area (Å²) in [6, 6.07) is 17.1. The molecule has 2 N–H and O–H groups in total. The number of rotatable bonds is 6. The Hall–Kier alpha value is -2.57. The van der Waals surface area contributed by atoms with Crippen LogP contribution in [0.5, 0.6) is 0 Å². The zero-order valence-electron chi connectivity index (χ0n) is 14.3. The van der Waals surface area contributed by atoms with Gasteiger partial charge in [0, 0.05) is 11.3 Å². The number of amides is 1. The van der Waals surface area contributed by atoms with E-state index in [2.05, 4.69) is 10.5 Å². The molecule has 0 heterocycles. The van der Waals surface area contributed by atoms with Gasteiger partial charge in [0.1, 0.15) is 4.99 Å². The van der Waals surface area contributed by atoms with Crippen LogP contribution in [0, 0.1) is 6.92 Å². The fraction of sp³-hybridized carbons (Fsp3) is 0.211. The monoisotopic (exact) mass is 355 g/mol. The van der Waals surface area contributed by atoms with Gasteiger partial charge >= 0.3 is 0 Å². The van der Waals surface area contributed by atoms with Gasteiger partial charge < -0.3 is 0 Å². The van der Waals surface area contributed by atoms with E-state index in [0.29, 0.717) is 15.8 Å². The van der Waals surface area contributed by atoms with Crippen LogP contribution in [-0.4, -0.2) is 26.9 Å². The minimum Gasteiger partial charge on any atom is -0.286 e. The number of nitrogens with zero attached hydrogens (tertiary/aromatic N) is 2. The molecule has 0 fully saturated rings. The Bertz CT molecular complexity index is 758. The molecule has 5 nitrogen and oxygen atoms in total. The van der Waals surface area contributed by atoms with Gasteiger partial charge in [-0.2, -0.15) is 5.10 Å². The number of aryl methyl sites for hydroxylation is 1. The second-order valence-electron chi connectivity index (χ2n) is 5.77. The third-order valence-corrected chi connectivity index (χ3v) is 3.86. The first-order chi connectivity index (χ1) is 12.0. The van der Waals surface area contributed by atoms with Crippen LogP contribution < -0.4 is 5.43 Å². The first-order valence-electron chi connectivity index (χ1n) is 7.89. The molecule has 0 bridgehead atoms. The Kier molecular flexibility index (Phi) is 6.80. The van der Waals surface area contributed by atoms with E-state index >= 15 is 0 Å². The SMILES string of the molecule is C/C(CC(=O)N(O)Cc1ccccc1)=N\NC(=S)c1ccc(C)cc1. The highest BCUT2D eigenvalue weighted by atomic mass is 32.1. The summed E-state index contributed by atoms with van der Waals surface area (Å²) in [5.41, 5.74) is 6.18. The lowest BCUT2D eigenvalue weighted by Gasteiger charge is -2.15. The highest BCUT2D eigenvalue weighted by molar-refractivity contribution is 7.80. The van der Waals surface area contributed by atoms with Gasteiger partial charge in [-0.3, -0.25) is 15.4 Å². The Morgan fingerprint density at radius 3 is 2.44 bits per heavy atom. The minimum atomic E-state index is -0.423. The van der Waals surface area contributed by atoms with Crippen molar-refractivity contribution in [2.75, 3.05) is 0 Å². The molecule has 130 valence electrons. The van der Waals surface area contributed by atoms with E-state index in [1.54, 1.807) is 6.92 Å². The van der Waals surface area contributed by atoms with Crippen LogP contribution in [0.3, 0.4) is 0 Å². The van der Waals surface area contributed by atoms with E-state index < -0.39 is 5.91 Å². The molecule has 0 atom stereocenters. The molecular weight excluding hydrogens is 334 g/mol. The molecule has 2 aromatic rings. The number of thiocarbonyl (C=S) groups is 1. The summed E-state index contributed by atoms with van der Waals surface area (Å²) < 4.78 is 0. The topological polar surface area (TPSA) is 64.9 Å². The van der Waals surface area contributed by atoms with Crippen molar-refractivity contribution in [1.82, 2.24) is 10.5 Å². The normalized spacial score (nSPS) is 11.1. The second kappa shape index (κ2) is 9.05. The van der Waals surface area contributed by atoms with Crippen molar-refractivity contribution < 1.29 is 10.0 Å². The van der Waals surface area contributed by atoms with Crippen LogP contribution >= 0.6 is 12.2 Å². The lowest BCUT2D eigenvalue weighted by atomic mass is 10.1. The molecule has 0 saturated heterocycles. The second-order valence-corrected chi connectivity index (χ2v) is 6.18. The third kappa shape index (κ3) is 6.10. The molecule has 0 spiro atoms. The van der Waals surface area contributed by atoms with Gasteiger partial charge in [-0.05, 0) is 19.4 Å². The molecule has 1 amide bonds. The number of carbonyl (C=O) groups excluding carboxylic acids is 1. The standard InChI is InChI=1S/C19H21N3O2S/c1-14-8-10-17(11-9-14)19(25)21-20-15(2)12-18(23)22(24)13-16-6-4-3-5-7-16/h3-11,24H,12-13H2,1-2H3,(H,21,25)/b20-15+. The molecule has 2 aromatic carbocycles. The fourth-order valence-electron chi connectivity index (χ4n) is 2.11. The Labute approximate surface area is 152 Å². The van der Waals surface area contributed by atoms with Gasteiger partial charge in [0.05, 0.1) is 13.0 Å². The molecule has 0 unspecified atom stereocenters. The maximum absolute atomic E-state index is 12.0. The summed E-state index contributed by atoms with van der Waals surface area (Å²) in [5, 5.41) is 14.7. The molecule has 6 heteroatoms. The van der Waals surface area contributed by atoms with Gasteiger partial charge in [0.2, 0.25) is 0 Å². The average Bonchev–Trinajstić information content (AvgIpc) is 2.61. The van der Waals surface area contributed by atoms with Crippen LogP contribution in [0.25, 0.3) is 0 Å². The van der Waals surface area contributed by atoms with Crippen molar-refractivity contribution in [1.29, 1.82) is 0 Å². The molecule has 25 heavy (non-hydrogen) atoms. The maximum atomic E-state index is 12.0. The van der Waals surface area contributed by atoms with Crippen molar-refractivity contribution in [2.24, 2.45) is 5.10 Å². The summed E-state index contributed by atoms with van der Waals surface area (Å²) in [7, 11) is 0. The minimum absolute atomic E-state index is 0.00679. The zero-order chi connectivity index (χ0) is 18.2. The number of benzene rings is 2. The summed E-state index contributed by atoms with van der Waals surface area (Å²) in [6.07, 6.45) is 0.00679. The van der Waals surface area contributed by atoms with Gasteiger partial charge in [0.15, 0.2) is 0 Å². The summed E-state index contributed by atoms with van der Waals surface area (Å²) in [4.78, 5) is 12.5. The fourth-order valence-corrected chi connectivity index (χ4v) is 2.29. The largest absolute Gasteiger partial charge is 0.286 e. The number of nitrogens with one attached hydrogen (secondary N) is 1. The van der Waals surface area contributed by atoms with Gasteiger partial charge in [-0.1, -0.05) is 72.4 Å². The lowest BCUT2D eigenvalue weighted by molar-refractivity contribution is -0.166. The van der Waals surface area contributed by atoms with E-state index in [1.807, 2.05) is 61.5 Å². The summed E-state index contributed by atoms with van der Waals surface area (Å²) in [6.45, 7) is 3.85. The number of carbonyl (C=O) groups is 1. The van der Waals surface area contributed by atoms with Crippen LogP contribution in [0.1, 0.15) is 30.0 Å². The number of hydrogen-bond donors (Lipinski definition) is 2. The molecule has 0 saturated carbocycles. The number of hydrazone groups is 1. The van der Waals surface area contributed by atoms with E-state index in [4.69, 9.17) is 12.2 Å². The molecule has 0 aliphatic carbocycles. The van der Waals surface area contributed by atoms with E-state index in [-0.39, 0.29) is 13.0 Å². The van der Waals surface area contributed by atoms with E-state index in [9.17, 15) is 10.0 Å². The maximum Gasteiger partial charge on any atom is 0.251 e. The molecule has 2 rings (SSSR count). The van der Waals surface area contributed by atoms with Crippen molar-refractivity contribution >= 4 is 28.8 Å². The number of hydrogen-bond acceptors (Lipinski definition) is 4. The van der Waals surface area contributed by atoms with E-state index in [1.165, 1.54) is 0 Å². The van der Waals surface area contributed by atoms with Crippen LogP contribution in [0.4, 0.5) is 0 Å². The summed E-state index contributed by atoms with van der Waals surface area (Å²) >= 11 is 5.27. The Morgan fingerprint density at radius 1 is 1.16 bits per heavy atom. The number of hydroxylamine groups is 2. The predicted octanol–water partition coefficient (Wildman–Crippen LogP) is 3.44. The Morgan fingerprint density at radius 2 is 1.80 bits per heavy atom. The molecular formula is C19H21N3O2S. The van der Waals surface area contributed by atoms with Gasteiger partial charge in [0.25, 0.3) is 5.91 Å². The van der Waals surface area contributed by atoms with Gasteiger partial charge in [-0.15, -0.1) is 0 Å². The van der Waals surface area contributed by atoms with Crippen LogP contribution in [0.15, 0.2) is 59.7 Å². The molecule has 0 aliphatic rings. The quantitative estimate of drug-likeness (QED) is 0.361. The smallest absolute Gasteiger partial charge is 0.251 e. The van der Waals surface area contributed by atoms with Crippen LogP contribution in [-0.2, 0) is 11.3 Å². The highest BCUT2D eigenvalue weighted by Crippen LogP contribution is 2.05. The van der Waals surface area contributed by atoms with Crippen molar-refractivity contribution in [2.45, 2.75) is 26.8 Å². The average molecular weight is 355 g/mol.